The van der Waals surface area contributed by atoms with Crippen molar-refractivity contribution in [1.82, 2.24) is 4.57 Å². The number of hydrogen-bond donors (Lipinski definition) is 1. The van der Waals surface area contributed by atoms with Crippen LogP contribution in [0.5, 0.6) is 0 Å². The van der Waals surface area contributed by atoms with E-state index in [1.54, 1.807) is 10.6 Å². The lowest BCUT2D eigenvalue weighted by Gasteiger charge is -2.31. The monoisotopic (exact) mass is 427 g/mol. The summed E-state index contributed by atoms with van der Waals surface area (Å²) >= 11 is 0. The van der Waals surface area contributed by atoms with Crippen LogP contribution in [0.2, 0.25) is 0 Å². The first kappa shape index (κ1) is 21.2. The number of aromatic carboxylic acids is 1. The van der Waals surface area contributed by atoms with Crippen molar-refractivity contribution in [3.8, 4) is 0 Å². The Labute approximate surface area is 178 Å². The fraction of sp³-hybridized carbons (Fsp3) is 0.320. The third kappa shape index (κ3) is 4.53. The second kappa shape index (κ2) is 8.61. The van der Waals surface area contributed by atoms with Gasteiger partial charge in [-0.1, -0.05) is 67.1 Å². The van der Waals surface area contributed by atoms with Gasteiger partial charge in [0.15, 0.2) is 0 Å². The quantitative estimate of drug-likeness (QED) is 0.482. The van der Waals surface area contributed by atoms with Crippen LogP contribution in [-0.2, 0) is 6.54 Å². The van der Waals surface area contributed by atoms with Crippen molar-refractivity contribution in [2.75, 3.05) is 0 Å². The van der Waals surface area contributed by atoms with Gasteiger partial charge in [-0.15, -0.1) is 0 Å². The highest BCUT2D eigenvalue weighted by Crippen LogP contribution is 2.41. The van der Waals surface area contributed by atoms with E-state index in [1.807, 2.05) is 60.7 Å². The highest BCUT2D eigenvalue weighted by molar-refractivity contribution is 6.03. The summed E-state index contributed by atoms with van der Waals surface area (Å²) in [6.07, 6.45) is 0.838. The average molecular weight is 427 g/mol. The van der Waals surface area contributed by atoms with Crippen molar-refractivity contribution < 1.29 is 23.1 Å². The normalized spacial score (nSPS) is 19.8. The van der Waals surface area contributed by atoms with Gasteiger partial charge in [0.25, 0.3) is 0 Å². The Morgan fingerprint density at radius 2 is 1.74 bits per heavy atom. The van der Waals surface area contributed by atoms with Gasteiger partial charge in [-0.2, -0.15) is 13.2 Å². The molecule has 2 atom stereocenters. The van der Waals surface area contributed by atoms with Gasteiger partial charge >= 0.3 is 12.1 Å². The lowest BCUT2D eigenvalue weighted by atomic mass is 9.81. The minimum atomic E-state index is -4.20. The highest BCUT2D eigenvalue weighted by atomic mass is 19.4. The molecule has 0 aliphatic heterocycles. The average Bonchev–Trinajstić information content (AvgIpc) is 3.06. The molecule has 0 amide bonds. The summed E-state index contributed by atoms with van der Waals surface area (Å²) in [5.74, 6) is -2.59. The van der Waals surface area contributed by atoms with Crippen LogP contribution in [-0.4, -0.2) is 21.8 Å². The molecule has 4 rings (SSSR count). The van der Waals surface area contributed by atoms with Crippen LogP contribution in [0.1, 0.15) is 47.3 Å². The molecule has 3 nitrogen and oxygen atoms in total. The van der Waals surface area contributed by atoms with E-state index >= 15 is 0 Å². The second-order valence-corrected chi connectivity index (χ2v) is 8.21. The van der Waals surface area contributed by atoms with Crippen molar-refractivity contribution in [1.29, 1.82) is 0 Å². The SMILES string of the molecule is O=C(O)c1c(/C=C/c2ccccc2)c2ccccc2n1CC1CCCC(C(F)(F)F)C1. The van der Waals surface area contributed by atoms with Gasteiger partial charge in [-0.25, -0.2) is 4.79 Å². The Balaban J connectivity index is 1.74. The van der Waals surface area contributed by atoms with Crippen LogP contribution in [0.3, 0.4) is 0 Å². The Kier molecular flexibility index (Phi) is 5.90. The number of carbonyl (C=O) groups is 1. The molecular weight excluding hydrogens is 403 g/mol. The molecule has 1 fully saturated rings. The molecule has 1 aliphatic rings. The van der Waals surface area contributed by atoms with E-state index in [0.717, 1.165) is 16.5 Å². The topological polar surface area (TPSA) is 42.2 Å². The number of rotatable bonds is 5. The van der Waals surface area contributed by atoms with Gasteiger partial charge in [0.1, 0.15) is 5.69 Å². The third-order valence-electron chi connectivity index (χ3n) is 6.14. The number of nitrogens with zero attached hydrogens (tertiary/aromatic N) is 1. The van der Waals surface area contributed by atoms with Gasteiger partial charge in [0.05, 0.1) is 5.92 Å². The number of fused-ring (bicyclic) bond motifs is 1. The molecule has 1 aliphatic carbocycles. The molecule has 162 valence electrons. The summed E-state index contributed by atoms with van der Waals surface area (Å²) < 4.78 is 41.5. The number of carboxylic acids is 1. The summed E-state index contributed by atoms with van der Waals surface area (Å²) in [4.78, 5) is 12.3. The molecule has 1 N–H and O–H groups in total. The number of carboxylic acid groups (broad SMARTS) is 1. The summed E-state index contributed by atoms with van der Waals surface area (Å²) in [5.41, 5.74) is 2.38. The number of hydrogen-bond acceptors (Lipinski definition) is 1. The van der Waals surface area contributed by atoms with Crippen LogP contribution in [0, 0.1) is 11.8 Å². The Morgan fingerprint density at radius 1 is 1.03 bits per heavy atom. The fourth-order valence-electron chi connectivity index (χ4n) is 4.68. The predicted octanol–water partition coefficient (Wildman–Crippen LogP) is 6.88. The zero-order valence-electron chi connectivity index (χ0n) is 17.0. The van der Waals surface area contributed by atoms with E-state index in [-0.39, 0.29) is 31.0 Å². The van der Waals surface area contributed by atoms with Crippen LogP contribution >= 0.6 is 0 Å². The molecule has 0 spiro atoms. The maximum absolute atomic E-state index is 13.3. The fourth-order valence-corrected chi connectivity index (χ4v) is 4.68. The molecule has 1 heterocycles. The first-order valence-corrected chi connectivity index (χ1v) is 10.5. The molecule has 1 saturated carbocycles. The molecule has 0 radical (unpaired) electrons. The predicted molar refractivity (Wildman–Crippen MR) is 116 cm³/mol. The van der Waals surface area contributed by atoms with Crippen LogP contribution in [0.4, 0.5) is 13.2 Å². The Bertz CT molecular complexity index is 1100. The van der Waals surface area contributed by atoms with Crippen molar-refractivity contribution in [3.05, 3.63) is 71.4 Å². The molecule has 31 heavy (non-hydrogen) atoms. The maximum atomic E-state index is 13.3. The van der Waals surface area contributed by atoms with Crippen LogP contribution < -0.4 is 0 Å². The maximum Gasteiger partial charge on any atom is 0.391 e. The van der Waals surface area contributed by atoms with E-state index in [0.29, 0.717) is 18.4 Å². The van der Waals surface area contributed by atoms with Gasteiger partial charge in [0, 0.05) is 23.0 Å². The lowest BCUT2D eigenvalue weighted by Crippen LogP contribution is -2.30. The van der Waals surface area contributed by atoms with Crippen molar-refractivity contribution in [2.24, 2.45) is 11.8 Å². The van der Waals surface area contributed by atoms with Gasteiger partial charge in [-0.05, 0) is 36.8 Å². The van der Waals surface area contributed by atoms with E-state index in [9.17, 15) is 23.1 Å². The number of halogens is 3. The highest BCUT2D eigenvalue weighted by Gasteiger charge is 2.42. The molecule has 3 aromatic rings. The van der Waals surface area contributed by atoms with Crippen molar-refractivity contribution in [2.45, 2.75) is 38.4 Å². The standard InChI is InChI=1S/C25H24F3NO2/c26-25(27,28)19-10-6-9-18(15-19)16-29-22-12-5-4-11-20(22)21(23(29)24(30)31)14-13-17-7-2-1-3-8-17/h1-5,7-8,11-14,18-19H,6,9-10,15-16H2,(H,30,31)/b14-13+. The third-order valence-corrected chi connectivity index (χ3v) is 6.14. The number of aromatic nitrogens is 1. The largest absolute Gasteiger partial charge is 0.477 e. The van der Waals surface area contributed by atoms with Crippen LogP contribution in [0.15, 0.2) is 54.6 Å². The second-order valence-electron chi connectivity index (χ2n) is 8.21. The molecule has 2 unspecified atom stereocenters. The first-order chi connectivity index (χ1) is 14.8. The van der Waals surface area contributed by atoms with Crippen molar-refractivity contribution >= 4 is 29.0 Å². The number of para-hydroxylation sites is 1. The Morgan fingerprint density at radius 3 is 2.45 bits per heavy atom. The number of benzene rings is 2. The minimum Gasteiger partial charge on any atom is -0.477 e. The van der Waals surface area contributed by atoms with Gasteiger partial charge in [-0.3, -0.25) is 0 Å². The summed E-state index contributed by atoms with van der Waals surface area (Å²) in [7, 11) is 0. The Hall–Kier alpha value is -3.02. The minimum absolute atomic E-state index is 0.0459. The van der Waals surface area contributed by atoms with E-state index in [1.165, 1.54) is 0 Å². The molecule has 6 heteroatoms. The number of alkyl halides is 3. The molecule has 1 aromatic heterocycles. The summed E-state index contributed by atoms with van der Waals surface area (Å²) in [5, 5.41) is 10.8. The van der Waals surface area contributed by atoms with Crippen LogP contribution in [0.25, 0.3) is 23.1 Å². The molecule has 0 saturated heterocycles. The smallest absolute Gasteiger partial charge is 0.391 e. The molecule has 0 bridgehead atoms. The molecular formula is C25H24F3NO2. The van der Waals surface area contributed by atoms with E-state index in [4.69, 9.17) is 0 Å². The van der Waals surface area contributed by atoms with Crippen molar-refractivity contribution in [3.63, 3.8) is 0 Å². The summed E-state index contributed by atoms with van der Waals surface area (Å²) in [6, 6.07) is 16.9. The van der Waals surface area contributed by atoms with E-state index < -0.39 is 18.1 Å². The van der Waals surface area contributed by atoms with E-state index in [2.05, 4.69) is 0 Å². The van der Waals surface area contributed by atoms with Gasteiger partial charge < -0.3 is 9.67 Å². The molecule has 2 aromatic carbocycles. The zero-order valence-corrected chi connectivity index (χ0v) is 17.0. The zero-order chi connectivity index (χ0) is 22.0. The first-order valence-electron chi connectivity index (χ1n) is 10.5. The van der Waals surface area contributed by atoms with Gasteiger partial charge in [0.2, 0.25) is 0 Å². The summed E-state index contributed by atoms with van der Waals surface area (Å²) in [6.45, 7) is 0.272. The lowest BCUT2D eigenvalue weighted by molar-refractivity contribution is -0.186.